The number of Topliss-reactive ketones (excluding diaryl/α,β-unsaturated/α-hetero) is 1. The number of nitrogens with one attached hydrogen (secondary N) is 2. The SMILES string of the molecule is CCc1cc(-c2cncc(C(=O)NCC(=O)c3ccc(OC)cc3)c2)c(C)[nH]c1=O. The quantitative estimate of drug-likeness (QED) is 0.589. The maximum absolute atomic E-state index is 12.5. The minimum atomic E-state index is -0.399. The number of rotatable bonds is 7. The number of carbonyl (C=O) groups is 2. The van der Waals surface area contributed by atoms with Gasteiger partial charge in [-0.05, 0) is 49.7 Å². The zero-order chi connectivity index (χ0) is 21.7. The second-order valence-electron chi connectivity index (χ2n) is 6.81. The van der Waals surface area contributed by atoms with Gasteiger partial charge in [0.2, 0.25) is 0 Å². The highest BCUT2D eigenvalue weighted by atomic mass is 16.5. The van der Waals surface area contributed by atoms with Crippen molar-refractivity contribution in [3.63, 3.8) is 0 Å². The number of aromatic nitrogens is 2. The lowest BCUT2D eigenvalue weighted by atomic mass is 10.0. The van der Waals surface area contributed by atoms with Crippen LogP contribution in [0.15, 0.2) is 53.6 Å². The molecule has 0 saturated heterocycles. The Morgan fingerprint density at radius 1 is 1.10 bits per heavy atom. The standard InChI is InChI=1S/C23H23N3O4/c1-4-15-10-20(14(2)26-23(15)29)17-9-18(12-24-11-17)22(28)25-13-21(27)16-5-7-19(30-3)8-6-16/h5-12H,4,13H2,1-3H3,(H,25,28)(H,26,29). The van der Waals surface area contributed by atoms with Crippen LogP contribution >= 0.6 is 0 Å². The third-order valence-corrected chi connectivity index (χ3v) is 4.83. The molecule has 30 heavy (non-hydrogen) atoms. The topological polar surface area (TPSA) is 101 Å². The minimum Gasteiger partial charge on any atom is -0.497 e. The van der Waals surface area contributed by atoms with E-state index in [0.717, 1.165) is 5.56 Å². The Hall–Kier alpha value is -3.74. The molecular weight excluding hydrogens is 382 g/mol. The molecule has 7 heteroatoms. The maximum atomic E-state index is 12.5. The molecule has 1 amide bonds. The first-order valence-electron chi connectivity index (χ1n) is 9.56. The maximum Gasteiger partial charge on any atom is 0.253 e. The summed E-state index contributed by atoms with van der Waals surface area (Å²) in [7, 11) is 1.55. The Morgan fingerprint density at radius 3 is 2.50 bits per heavy atom. The van der Waals surface area contributed by atoms with E-state index < -0.39 is 5.91 Å². The van der Waals surface area contributed by atoms with Crippen molar-refractivity contribution in [1.29, 1.82) is 0 Å². The summed E-state index contributed by atoms with van der Waals surface area (Å²) in [4.78, 5) is 43.8. The van der Waals surface area contributed by atoms with Gasteiger partial charge in [-0.1, -0.05) is 6.92 Å². The van der Waals surface area contributed by atoms with Gasteiger partial charge in [0.25, 0.3) is 11.5 Å². The van der Waals surface area contributed by atoms with Crippen LogP contribution in [0, 0.1) is 6.92 Å². The zero-order valence-corrected chi connectivity index (χ0v) is 17.1. The molecule has 0 spiro atoms. The van der Waals surface area contributed by atoms with Gasteiger partial charge in [0.1, 0.15) is 5.75 Å². The Balaban J connectivity index is 1.75. The fraction of sp³-hybridized carbons (Fsp3) is 0.217. The largest absolute Gasteiger partial charge is 0.497 e. The number of aromatic amines is 1. The summed E-state index contributed by atoms with van der Waals surface area (Å²) in [6, 6.07) is 10.2. The van der Waals surface area contributed by atoms with Gasteiger partial charge in [-0.25, -0.2) is 0 Å². The van der Waals surface area contributed by atoms with Crippen LogP contribution < -0.4 is 15.6 Å². The fourth-order valence-corrected chi connectivity index (χ4v) is 3.08. The van der Waals surface area contributed by atoms with E-state index in [1.165, 1.54) is 6.20 Å². The van der Waals surface area contributed by atoms with Crippen LogP contribution in [0.1, 0.15) is 38.9 Å². The summed E-state index contributed by atoms with van der Waals surface area (Å²) in [6.07, 6.45) is 3.68. The van der Waals surface area contributed by atoms with E-state index in [9.17, 15) is 14.4 Å². The minimum absolute atomic E-state index is 0.113. The van der Waals surface area contributed by atoms with Gasteiger partial charge >= 0.3 is 0 Å². The summed E-state index contributed by atoms with van der Waals surface area (Å²) >= 11 is 0. The third kappa shape index (κ3) is 4.63. The van der Waals surface area contributed by atoms with Crippen molar-refractivity contribution in [1.82, 2.24) is 15.3 Å². The summed E-state index contributed by atoms with van der Waals surface area (Å²) in [6.45, 7) is 3.58. The van der Waals surface area contributed by atoms with Crippen LogP contribution in [-0.4, -0.2) is 35.3 Å². The molecule has 2 heterocycles. The van der Waals surface area contributed by atoms with Crippen molar-refractivity contribution in [2.75, 3.05) is 13.7 Å². The number of pyridine rings is 2. The van der Waals surface area contributed by atoms with Gasteiger partial charge in [0, 0.05) is 40.3 Å². The Labute approximate surface area is 174 Å². The molecule has 3 aromatic rings. The molecule has 0 saturated carbocycles. The predicted molar refractivity (Wildman–Crippen MR) is 114 cm³/mol. The molecule has 0 aliphatic heterocycles. The predicted octanol–water partition coefficient (Wildman–Crippen LogP) is 2.93. The summed E-state index contributed by atoms with van der Waals surface area (Å²) < 4.78 is 5.07. The monoisotopic (exact) mass is 405 g/mol. The summed E-state index contributed by atoms with van der Waals surface area (Å²) in [5, 5.41) is 2.63. The van der Waals surface area contributed by atoms with E-state index in [1.807, 2.05) is 13.0 Å². The molecule has 0 bridgehead atoms. The van der Waals surface area contributed by atoms with Crippen LogP contribution in [-0.2, 0) is 6.42 Å². The molecule has 1 aromatic carbocycles. The molecule has 0 radical (unpaired) electrons. The zero-order valence-electron chi connectivity index (χ0n) is 17.1. The third-order valence-electron chi connectivity index (χ3n) is 4.83. The Bertz CT molecular complexity index is 1130. The lowest BCUT2D eigenvalue weighted by molar-refractivity contribution is 0.0904. The van der Waals surface area contributed by atoms with Gasteiger partial charge in [-0.15, -0.1) is 0 Å². The smallest absolute Gasteiger partial charge is 0.253 e. The number of H-pyrrole nitrogens is 1. The van der Waals surface area contributed by atoms with Crippen molar-refractivity contribution in [2.45, 2.75) is 20.3 Å². The number of amides is 1. The number of aryl methyl sites for hydroxylation is 2. The van der Waals surface area contributed by atoms with Crippen LogP contribution in [0.2, 0.25) is 0 Å². The van der Waals surface area contributed by atoms with E-state index in [2.05, 4.69) is 15.3 Å². The lowest BCUT2D eigenvalue weighted by Gasteiger charge is -2.10. The fourth-order valence-electron chi connectivity index (χ4n) is 3.08. The number of benzene rings is 1. The van der Waals surface area contributed by atoms with Crippen molar-refractivity contribution in [2.24, 2.45) is 0 Å². The molecule has 2 N–H and O–H groups in total. The first-order valence-corrected chi connectivity index (χ1v) is 9.56. The lowest BCUT2D eigenvalue weighted by Crippen LogP contribution is -2.29. The number of methoxy groups -OCH3 is 1. The normalized spacial score (nSPS) is 10.5. The number of ether oxygens (including phenoxy) is 1. The molecule has 0 aliphatic carbocycles. The number of hydrogen-bond acceptors (Lipinski definition) is 5. The first-order chi connectivity index (χ1) is 14.4. The Kier molecular flexibility index (Phi) is 6.41. The average Bonchev–Trinajstić information content (AvgIpc) is 2.77. The van der Waals surface area contributed by atoms with Gasteiger partial charge < -0.3 is 15.0 Å². The summed E-state index contributed by atoms with van der Waals surface area (Å²) in [5.74, 6) is 0.0467. The van der Waals surface area contributed by atoms with E-state index in [-0.39, 0.29) is 17.9 Å². The van der Waals surface area contributed by atoms with E-state index >= 15 is 0 Å². The highest BCUT2D eigenvalue weighted by Crippen LogP contribution is 2.22. The Morgan fingerprint density at radius 2 is 1.83 bits per heavy atom. The van der Waals surface area contributed by atoms with E-state index in [0.29, 0.717) is 40.1 Å². The van der Waals surface area contributed by atoms with Crippen LogP contribution in [0.5, 0.6) is 5.75 Å². The van der Waals surface area contributed by atoms with E-state index in [1.54, 1.807) is 50.6 Å². The van der Waals surface area contributed by atoms with Gasteiger partial charge in [-0.2, -0.15) is 0 Å². The number of ketones is 1. The van der Waals surface area contributed by atoms with Crippen molar-refractivity contribution in [3.8, 4) is 16.9 Å². The molecular formula is C23H23N3O4. The second kappa shape index (κ2) is 9.17. The average molecular weight is 405 g/mol. The molecule has 2 aromatic heterocycles. The second-order valence-corrected chi connectivity index (χ2v) is 6.81. The molecule has 0 fully saturated rings. The van der Waals surface area contributed by atoms with Crippen LogP contribution in [0.25, 0.3) is 11.1 Å². The van der Waals surface area contributed by atoms with E-state index in [4.69, 9.17) is 4.74 Å². The van der Waals surface area contributed by atoms with Crippen molar-refractivity contribution >= 4 is 11.7 Å². The van der Waals surface area contributed by atoms with Gasteiger partial charge in [0.15, 0.2) is 5.78 Å². The molecule has 0 atom stereocenters. The van der Waals surface area contributed by atoms with Crippen molar-refractivity contribution in [3.05, 3.63) is 81.5 Å². The van der Waals surface area contributed by atoms with Crippen molar-refractivity contribution < 1.29 is 14.3 Å². The molecule has 0 aliphatic rings. The number of nitrogens with zero attached hydrogens (tertiary/aromatic N) is 1. The molecule has 154 valence electrons. The number of carbonyl (C=O) groups excluding carboxylic acids is 2. The molecule has 3 rings (SSSR count). The first kappa shape index (κ1) is 21.0. The highest BCUT2D eigenvalue weighted by Gasteiger charge is 2.13. The number of hydrogen-bond donors (Lipinski definition) is 2. The highest BCUT2D eigenvalue weighted by molar-refractivity contribution is 6.02. The van der Waals surface area contributed by atoms with Gasteiger partial charge in [0.05, 0.1) is 19.2 Å². The van der Waals surface area contributed by atoms with Gasteiger partial charge in [-0.3, -0.25) is 19.4 Å². The van der Waals surface area contributed by atoms with Crippen LogP contribution in [0.3, 0.4) is 0 Å². The van der Waals surface area contributed by atoms with Crippen LogP contribution in [0.4, 0.5) is 0 Å². The summed E-state index contributed by atoms with van der Waals surface area (Å²) in [5.41, 5.74) is 3.59. The molecule has 7 nitrogen and oxygen atoms in total. The molecule has 0 unspecified atom stereocenters.